The lowest BCUT2D eigenvalue weighted by Gasteiger charge is -2.38. The van der Waals surface area contributed by atoms with Gasteiger partial charge in [0.05, 0.1) is 52.1 Å². The molecule has 0 spiro atoms. The molecule has 0 saturated heterocycles. The quantitative estimate of drug-likeness (QED) is 0.334. The molecule has 1 saturated carbocycles. The molecule has 3 aromatic heterocycles. The predicted octanol–water partition coefficient (Wildman–Crippen LogP) is 2.91. The second-order valence-corrected chi connectivity index (χ2v) is 10.2. The molecule has 0 unspecified atom stereocenters. The van der Waals surface area contributed by atoms with E-state index in [1.54, 1.807) is 16.6 Å². The molecule has 3 heterocycles. The number of nitrogens with zero attached hydrogens (tertiary/aromatic N) is 5. The number of amides is 2. The van der Waals surface area contributed by atoms with Crippen LogP contribution in [0.2, 0.25) is 0 Å². The summed E-state index contributed by atoms with van der Waals surface area (Å²) in [5.74, 6) is -0.351. The van der Waals surface area contributed by atoms with Crippen molar-refractivity contribution in [1.82, 2.24) is 24.8 Å². The monoisotopic (exact) mass is 523 g/mol. The van der Waals surface area contributed by atoms with Crippen molar-refractivity contribution in [3.05, 3.63) is 47.8 Å². The molecular formula is C26H30FN7O4. The Morgan fingerprint density at radius 1 is 1.32 bits per heavy atom. The first-order chi connectivity index (χ1) is 18.0. The van der Waals surface area contributed by atoms with Gasteiger partial charge < -0.3 is 25.7 Å². The second-order valence-electron chi connectivity index (χ2n) is 10.2. The molecule has 0 aliphatic heterocycles. The highest BCUT2D eigenvalue weighted by Crippen LogP contribution is 2.33. The van der Waals surface area contributed by atoms with Gasteiger partial charge in [-0.2, -0.15) is 10.4 Å². The lowest BCUT2D eigenvalue weighted by molar-refractivity contribution is -0.00178. The van der Waals surface area contributed by atoms with E-state index in [1.165, 1.54) is 38.2 Å². The van der Waals surface area contributed by atoms with E-state index in [0.717, 1.165) is 0 Å². The fraction of sp³-hybridized carbons (Fsp3) is 0.423. The maximum atomic E-state index is 14.2. The Morgan fingerprint density at radius 2 is 2.05 bits per heavy atom. The lowest BCUT2D eigenvalue weighted by atomic mass is 9.79. The Bertz CT molecular complexity index is 1390. The van der Waals surface area contributed by atoms with Gasteiger partial charge in [-0.05, 0) is 56.9 Å². The van der Waals surface area contributed by atoms with Gasteiger partial charge in [0.15, 0.2) is 0 Å². The summed E-state index contributed by atoms with van der Waals surface area (Å²) >= 11 is 0. The van der Waals surface area contributed by atoms with Crippen LogP contribution in [-0.4, -0.2) is 79.7 Å². The molecule has 1 atom stereocenters. The van der Waals surface area contributed by atoms with Crippen molar-refractivity contribution < 1.29 is 24.2 Å². The Kier molecular flexibility index (Phi) is 7.50. The highest BCUT2D eigenvalue weighted by atomic mass is 19.1. The molecule has 1 fully saturated rings. The summed E-state index contributed by atoms with van der Waals surface area (Å²) in [5.41, 5.74) is 1.42. The van der Waals surface area contributed by atoms with E-state index >= 15 is 0 Å². The molecule has 0 bridgehead atoms. The van der Waals surface area contributed by atoms with Crippen LogP contribution in [0.4, 0.5) is 14.9 Å². The van der Waals surface area contributed by atoms with E-state index in [1.807, 2.05) is 12.1 Å². The number of pyridine rings is 1. The zero-order valence-corrected chi connectivity index (χ0v) is 21.3. The van der Waals surface area contributed by atoms with Crippen molar-refractivity contribution in [2.24, 2.45) is 5.92 Å². The number of alkyl halides is 1. The summed E-state index contributed by atoms with van der Waals surface area (Å²) in [6.45, 7) is 2.71. The fourth-order valence-corrected chi connectivity index (χ4v) is 4.37. The van der Waals surface area contributed by atoms with Gasteiger partial charge in [-0.25, -0.2) is 13.7 Å². The molecular weight excluding hydrogens is 493 g/mol. The number of aromatic nitrogens is 3. The first-order valence-electron chi connectivity index (χ1n) is 12.2. The summed E-state index contributed by atoms with van der Waals surface area (Å²) in [4.78, 5) is 29.8. The summed E-state index contributed by atoms with van der Waals surface area (Å²) in [6.07, 6.45) is 1.65. The minimum Gasteiger partial charge on any atom is -0.465 e. The number of rotatable bonds is 9. The molecule has 12 heteroatoms. The number of carbonyl (C=O) groups excluding carboxylic acids is 1. The van der Waals surface area contributed by atoms with Gasteiger partial charge in [0, 0.05) is 25.8 Å². The molecule has 1 aliphatic carbocycles. The number of hydrogen-bond acceptors (Lipinski definition) is 7. The summed E-state index contributed by atoms with van der Waals surface area (Å²) < 4.78 is 15.9. The fourth-order valence-electron chi connectivity index (χ4n) is 4.37. The van der Waals surface area contributed by atoms with Crippen LogP contribution < -0.4 is 10.6 Å². The molecule has 4 rings (SSSR count). The maximum Gasteiger partial charge on any atom is 0.407 e. The lowest BCUT2D eigenvalue weighted by Crippen LogP contribution is -2.43. The first kappa shape index (κ1) is 26.8. The number of aliphatic hydroxyl groups is 1. The van der Waals surface area contributed by atoms with Gasteiger partial charge in [0.25, 0.3) is 5.91 Å². The Hall–Kier alpha value is -4.24. The predicted molar refractivity (Wildman–Crippen MR) is 137 cm³/mol. The van der Waals surface area contributed by atoms with Crippen LogP contribution >= 0.6 is 0 Å². The Balaban J connectivity index is 1.58. The van der Waals surface area contributed by atoms with Crippen LogP contribution in [0.5, 0.6) is 0 Å². The number of hydrogen-bond donors (Lipinski definition) is 4. The number of nitriles is 1. The Morgan fingerprint density at radius 3 is 2.71 bits per heavy atom. The average molecular weight is 524 g/mol. The van der Waals surface area contributed by atoms with E-state index in [4.69, 9.17) is 10.4 Å². The molecule has 0 radical (unpaired) electrons. The van der Waals surface area contributed by atoms with Gasteiger partial charge in [0.2, 0.25) is 0 Å². The van der Waals surface area contributed by atoms with Crippen molar-refractivity contribution >= 4 is 23.2 Å². The molecule has 2 amide bonds. The van der Waals surface area contributed by atoms with Gasteiger partial charge >= 0.3 is 6.09 Å². The van der Waals surface area contributed by atoms with Crippen LogP contribution in [0.25, 0.3) is 16.9 Å². The summed E-state index contributed by atoms with van der Waals surface area (Å²) in [5, 5.41) is 38.3. The van der Waals surface area contributed by atoms with Crippen molar-refractivity contribution in [1.29, 1.82) is 5.26 Å². The molecule has 3 aromatic rings. The van der Waals surface area contributed by atoms with E-state index < -0.39 is 23.8 Å². The molecule has 11 nitrogen and oxygen atoms in total. The third kappa shape index (κ3) is 5.84. The smallest absolute Gasteiger partial charge is 0.407 e. The zero-order chi connectivity index (χ0) is 27.6. The van der Waals surface area contributed by atoms with Crippen LogP contribution in [0.15, 0.2) is 36.7 Å². The SMILES string of the molecule is CN(CC1CC(Nc2cc(-c3ccc4cc(C#N)cnn34)ncc2C(=O)NC[C@@H](F)C(C)(C)O)C1)C(=O)O. The number of carbonyl (C=O) groups is 2. The van der Waals surface area contributed by atoms with Crippen molar-refractivity contribution in [2.45, 2.75) is 44.5 Å². The summed E-state index contributed by atoms with van der Waals surface area (Å²) in [7, 11) is 1.53. The van der Waals surface area contributed by atoms with E-state index in [0.29, 0.717) is 47.5 Å². The minimum absolute atomic E-state index is 0.00895. The van der Waals surface area contributed by atoms with Gasteiger partial charge in [-0.1, -0.05) is 0 Å². The van der Waals surface area contributed by atoms with E-state index in [9.17, 15) is 19.1 Å². The number of nitrogens with one attached hydrogen (secondary N) is 2. The largest absolute Gasteiger partial charge is 0.465 e. The van der Waals surface area contributed by atoms with Crippen molar-refractivity contribution in [2.75, 3.05) is 25.5 Å². The third-order valence-corrected chi connectivity index (χ3v) is 6.70. The van der Waals surface area contributed by atoms with Crippen LogP contribution in [0, 0.1) is 17.2 Å². The zero-order valence-electron chi connectivity index (χ0n) is 21.3. The number of anilines is 1. The highest BCUT2D eigenvalue weighted by Gasteiger charge is 2.32. The molecule has 4 N–H and O–H groups in total. The van der Waals surface area contributed by atoms with Crippen LogP contribution in [-0.2, 0) is 0 Å². The molecule has 38 heavy (non-hydrogen) atoms. The maximum absolute atomic E-state index is 14.2. The van der Waals surface area contributed by atoms with Crippen LogP contribution in [0.3, 0.4) is 0 Å². The van der Waals surface area contributed by atoms with Crippen molar-refractivity contribution in [3.8, 4) is 17.5 Å². The first-order valence-corrected chi connectivity index (χ1v) is 12.2. The van der Waals surface area contributed by atoms with E-state index in [-0.39, 0.29) is 24.1 Å². The second kappa shape index (κ2) is 10.6. The topological polar surface area (TPSA) is 156 Å². The minimum atomic E-state index is -1.66. The number of fused-ring (bicyclic) bond motifs is 1. The van der Waals surface area contributed by atoms with Gasteiger partial charge in [0.1, 0.15) is 12.2 Å². The molecule has 1 aliphatic rings. The normalized spacial score (nSPS) is 17.8. The number of halogens is 1. The molecule has 200 valence electrons. The van der Waals surface area contributed by atoms with Crippen molar-refractivity contribution in [3.63, 3.8) is 0 Å². The summed E-state index contributed by atoms with van der Waals surface area (Å²) in [6, 6.07) is 9.11. The van der Waals surface area contributed by atoms with Gasteiger partial charge in [-0.15, -0.1) is 0 Å². The van der Waals surface area contributed by atoms with E-state index in [2.05, 4.69) is 26.8 Å². The third-order valence-electron chi connectivity index (χ3n) is 6.70. The Labute approximate surface area is 218 Å². The highest BCUT2D eigenvalue weighted by molar-refractivity contribution is 6.00. The standard InChI is InChI=1S/C26H30FN7O4/c1-26(2,38)23(27)13-30-24(35)19-12-29-21(22-5-4-18-8-16(10-28)11-31-34(18)22)9-20(19)32-17-6-15(7-17)14-33(3)25(36)37/h4-5,8-9,11-12,15,17,23,38H,6-7,13-14H2,1-3H3,(H,29,32)(H,30,35)(H,36,37)/t15?,17?,23-/m1/s1. The molecule has 0 aromatic carbocycles. The number of carboxylic acid groups (broad SMARTS) is 1. The van der Waals surface area contributed by atoms with Crippen LogP contribution in [0.1, 0.15) is 42.6 Å². The average Bonchev–Trinajstić information content (AvgIpc) is 3.28. The van der Waals surface area contributed by atoms with Gasteiger partial charge in [-0.3, -0.25) is 9.78 Å².